The van der Waals surface area contributed by atoms with Crippen molar-refractivity contribution in [2.75, 3.05) is 0 Å². The molecule has 1 fully saturated rings. The van der Waals surface area contributed by atoms with Crippen molar-refractivity contribution in [3.63, 3.8) is 0 Å². The lowest BCUT2D eigenvalue weighted by atomic mass is 9.79. The van der Waals surface area contributed by atoms with E-state index in [0.717, 1.165) is 37.5 Å². The number of rotatable bonds is 4. The van der Waals surface area contributed by atoms with E-state index in [0.29, 0.717) is 6.54 Å². The highest BCUT2D eigenvalue weighted by Gasteiger charge is 2.51. The van der Waals surface area contributed by atoms with Crippen molar-refractivity contribution < 1.29 is 13.7 Å². The maximum atomic E-state index is 11.9. The lowest BCUT2D eigenvalue weighted by Gasteiger charge is -2.32. The Kier molecular flexibility index (Phi) is 7.18. The lowest BCUT2D eigenvalue weighted by Crippen LogP contribution is -2.41. The van der Waals surface area contributed by atoms with Crippen LogP contribution in [0.5, 0.6) is 0 Å². The summed E-state index contributed by atoms with van der Waals surface area (Å²) in [4.78, 5) is 11.9. The van der Waals surface area contributed by atoms with Crippen molar-refractivity contribution in [3.05, 3.63) is 106 Å². The topological polar surface area (TPSA) is 82.3 Å². The van der Waals surface area contributed by atoms with E-state index in [1.807, 2.05) is 54.7 Å². The Hall–Kier alpha value is -3.40. The maximum absolute atomic E-state index is 11.9. The summed E-state index contributed by atoms with van der Waals surface area (Å²) in [5, 5.41) is 8.08. The number of hydrogen-bond acceptors (Lipinski definition) is 5. The molecule has 3 aromatic heterocycles. The number of aromatic amines is 1. The van der Waals surface area contributed by atoms with Gasteiger partial charge in [-0.15, -0.1) is 0 Å². The fraction of sp³-hybridized carbons (Fsp3) is 0.241. The molecule has 5 aromatic rings. The number of nitrogens with zero attached hydrogens (tertiary/aromatic N) is 2. The number of fused-ring (bicyclic) bond motifs is 1. The molecule has 0 atom stereocenters. The summed E-state index contributed by atoms with van der Waals surface area (Å²) in [7, 11) is -0.317. The Labute approximate surface area is 230 Å². The molecule has 194 valence electrons. The van der Waals surface area contributed by atoms with Crippen LogP contribution in [0, 0.1) is 0 Å². The summed E-state index contributed by atoms with van der Waals surface area (Å²) in [5.41, 5.74) is 4.56. The van der Waals surface area contributed by atoms with Gasteiger partial charge < -0.3 is 18.3 Å². The number of furan rings is 1. The Bertz CT molecular complexity index is 1590. The number of pyridine rings is 1. The molecule has 0 saturated carbocycles. The van der Waals surface area contributed by atoms with E-state index in [1.54, 1.807) is 35.4 Å². The van der Waals surface area contributed by atoms with E-state index < -0.39 is 0 Å². The fourth-order valence-electron chi connectivity index (χ4n) is 4.25. The van der Waals surface area contributed by atoms with Crippen molar-refractivity contribution in [1.82, 2.24) is 14.8 Å². The number of benzene rings is 2. The number of halogens is 1. The molecule has 38 heavy (non-hydrogen) atoms. The molecule has 6 rings (SSSR count). The van der Waals surface area contributed by atoms with Gasteiger partial charge in [0.1, 0.15) is 0 Å². The molecule has 0 unspecified atom stereocenters. The molecule has 1 aliphatic rings. The fourth-order valence-corrected chi connectivity index (χ4v) is 4.63. The Balaban J connectivity index is 0.000000156. The van der Waals surface area contributed by atoms with Crippen LogP contribution in [0.15, 0.2) is 99.3 Å². The maximum Gasteiger partial charge on any atom is 0.494 e. The van der Waals surface area contributed by atoms with Gasteiger partial charge in [0.25, 0.3) is 5.56 Å². The minimum absolute atomic E-state index is 0.0183. The van der Waals surface area contributed by atoms with Gasteiger partial charge in [-0.1, -0.05) is 36.4 Å². The summed E-state index contributed by atoms with van der Waals surface area (Å²) in [5.74, 6) is 0. The zero-order valence-electron chi connectivity index (χ0n) is 21.8. The predicted molar refractivity (Wildman–Crippen MR) is 153 cm³/mol. The van der Waals surface area contributed by atoms with Crippen LogP contribution in [0.2, 0.25) is 0 Å². The van der Waals surface area contributed by atoms with Crippen LogP contribution in [0.1, 0.15) is 33.3 Å². The molecular weight excluding hydrogens is 545 g/mol. The van der Waals surface area contributed by atoms with Crippen molar-refractivity contribution in [3.8, 4) is 11.1 Å². The van der Waals surface area contributed by atoms with Crippen molar-refractivity contribution in [1.29, 1.82) is 0 Å². The van der Waals surface area contributed by atoms with E-state index in [2.05, 4.69) is 53.8 Å². The van der Waals surface area contributed by atoms with Gasteiger partial charge in [-0.3, -0.25) is 9.89 Å². The molecule has 9 heteroatoms. The monoisotopic (exact) mass is 573 g/mol. The first kappa shape index (κ1) is 26.2. The molecule has 4 heterocycles. The third-order valence-corrected chi connectivity index (χ3v) is 7.60. The van der Waals surface area contributed by atoms with Crippen LogP contribution >= 0.6 is 15.9 Å². The largest absolute Gasteiger partial charge is 0.494 e. The SMILES string of the molecule is CC1(C)OB(c2ccc3cn[nH]c3c2)OC1(C)C.O=c1ccc(Br)cn1Cc1ccccc1-c1ccoc1. The number of H-pyrrole nitrogens is 1. The third kappa shape index (κ3) is 5.41. The number of aromatic nitrogens is 3. The van der Waals surface area contributed by atoms with Gasteiger partial charge in [0, 0.05) is 27.7 Å². The highest BCUT2D eigenvalue weighted by Crippen LogP contribution is 2.36. The smallest absolute Gasteiger partial charge is 0.472 e. The summed E-state index contributed by atoms with van der Waals surface area (Å²) in [6.45, 7) is 8.76. The second-order valence-corrected chi connectivity index (χ2v) is 11.2. The highest BCUT2D eigenvalue weighted by atomic mass is 79.9. The van der Waals surface area contributed by atoms with Crippen LogP contribution < -0.4 is 11.0 Å². The van der Waals surface area contributed by atoms with Crippen LogP contribution in [-0.4, -0.2) is 33.1 Å². The summed E-state index contributed by atoms with van der Waals surface area (Å²) in [6, 6.07) is 19.3. The molecule has 0 radical (unpaired) electrons. The lowest BCUT2D eigenvalue weighted by molar-refractivity contribution is 0.00578. The van der Waals surface area contributed by atoms with E-state index in [-0.39, 0.29) is 23.9 Å². The second kappa shape index (κ2) is 10.4. The zero-order valence-corrected chi connectivity index (χ0v) is 23.4. The molecule has 1 N–H and O–H groups in total. The van der Waals surface area contributed by atoms with Gasteiger partial charge in [-0.05, 0) is 78.4 Å². The minimum atomic E-state index is -0.317. The van der Waals surface area contributed by atoms with Gasteiger partial charge in [-0.2, -0.15) is 5.10 Å². The van der Waals surface area contributed by atoms with E-state index in [9.17, 15) is 4.79 Å². The molecule has 0 spiro atoms. The van der Waals surface area contributed by atoms with Crippen molar-refractivity contribution >= 4 is 39.4 Å². The Morgan fingerprint density at radius 3 is 2.50 bits per heavy atom. The van der Waals surface area contributed by atoms with Gasteiger partial charge in [0.15, 0.2) is 0 Å². The summed E-state index contributed by atoms with van der Waals surface area (Å²) >= 11 is 3.39. The Morgan fingerprint density at radius 1 is 1.00 bits per heavy atom. The average Bonchev–Trinajstić information content (AvgIpc) is 3.62. The molecule has 2 aromatic carbocycles. The quantitative estimate of drug-likeness (QED) is 0.276. The van der Waals surface area contributed by atoms with Crippen molar-refractivity contribution in [2.24, 2.45) is 0 Å². The van der Waals surface area contributed by atoms with Gasteiger partial charge >= 0.3 is 7.12 Å². The number of nitrogens with one attached hydrogen (secondary N) is 1. The molecule has 0 bridgehead atoms. The first-order valence-electron chi connectivity index (χ1n) is 12.4. The number of hydrogen-bond donors (Lipinski definition) is 1. The van der Waals surface area contributed by atoms with Gasteiger partial charge in [-0.25, -0.2) is 0 Å². The summed E-state index contributed by atoms with van der Waals surface area (Å²) < 4.78 is 19.7. The molecular formula is C29H29BBrN3O4. The van der Waals surface area contributed by atoms with Crippen LogP contribution in [-0.2, 0) is 15.9 Å². The molecule has 1 aliphatic heterocycles. The van der Waals surface area contributed by atoms with Crippen LogP contribution in [0.25, 0.3) is 22.0 Å². The molecule has 0 aliphatic carbocycles. The molecule has 1 saturated heterocycles. The Morgan fingerprint density at radius 2 is 1.76 bits per heavy atom. The van der Waals surface area contributed by atoms with E-state index in [1.165, 1.54) is 0 Å². The first-order chi connectivity index (χ1) is 18.1. The zero-order chi connectivity index (χ0) is 26.9. The van der Waals surface area contributed by atoms with Crippen LogP contribution in [0.4, 0.5) is 0 Å². The first-order valence-corrected chi connectivity index (χ1v) is 13.2. The minimum Gasteiger partial charge on any atom is -0.472 e. The van der Waals surface area contributed by atoms with Gasteiger partial charge in [0.05, 0.1) is 42.0 Å². The third-order valence-electron chi connectivity index (χ3n) is 7.13. The van der Waals surface area contributed by atoms with Gasteiger partial charge in [0.2, 0.25) is 0 Å². The standard InChI is InChI=1S/C16H12BrNO2.C13H17BN2O2/c17-14-5-6-16(19)18(10-14)9-12-3-1-2-4-15(12)13-7-8-20-11-13;1-12(2)13(3,4)18-14(17-12)10-6-5-9-8-15-16-11(9)7-10/h1-8,10-11H,9H2;5-8H,1-4H3,(H,15,16). The molecule has 0 amide bonds. The van der Waals surface area contributed by atoms with Crippen LogP contribution in [0.3, 0.4) is 0 Å². The highest BCUT2D eigenvalue weighted by molar-refractivity contribution is 9.10. The van der Waals surface area contributed by atoms with Crippen molar-refractivity contribution in [2.45, 2.75) is 45.4 Å². The second-order valence-electron chi connectivity index (χ2n) is 10.3. The summed E-state index contributed by atoms with van der Waals surface area (Å²) in [6.07, 6.45) is 6.97. The normalized spacial score (nSPS) is 15.9. The predicted octanol–water partition coefficient (Wildman–Crippen LogP) is 5.78. The van der Waals surface area contributed by atoms with E-state index >= 15 is 0 Å². The molecule has 7 nitrogen and oxygen atoms in total. The average molecular weight is 574 g/mol. The van der Waals surface area contributed by atoms with E-state index in [4.69, 9.17) is 13.7 Å².